The van der Waals surface area contributed by atoms with Crippen LogP contribution in [-0.4, -0.2) is 36.9 Å². The van der Waals surface area contributed by atoms with Crippen molar-refractivity contribution in [3.63, 3.8) is 0 Å². The molecule has 1 aromatic rings. The lowest BCUT2D eigenvalue weighted by atomic mass is 9.99. The number of para-hydroxylation sites is 1. The number of alkyl halides is 2. The molecule has 1 atom stereocenters. The first kappa shape index (κ1) is 14.9. The Bertz CT molecular complexity index is 465. The molecule has 3 nitrogen and oxygen atoms in total. The number of carbonyl (C=O) groups excluding carboxylic acids is 1. The van der Waals surface area contributed by atoms with Crippen LogP contribution in [0.2, 0.25) is 0 Å². The molecule has 0 radical (unpaired) electrons. The summed E-state index contributed by atoms with van der Waals surface area (Å²) in [5.41, 5.74) is 1.77. The summed E-state index contributed by atoms with van der Waals surface area (Å²) in [4.78, 5) is 13.8. The van der Waals surface area contributed by atoms with E-state index in [1.807, 2.05) is 36.1 Å². The number of aryl methyl sites for hydroxylation is 1. The Balaban J connectivity index is 1.87. The van der Waals surface area contributed by atoms with Gasteiger partial charge in [0.05, 0.1) is 6.54 Å². The maximum absolute atomic E-state index is 12.7. The number of carbonyl (C=O) groups is 1. The quantitative estimate of drug-likeness (QED) is 0.921. The van der Waals surface area contributed by atoms with E-state index in [0.29, 0.717) is 19.5 Å². The number of nitrogens with zero attached hydrogens (tertiary/aromatic N) is 1. The first-order valence-electron chi connectivity index (χ1n) is 6.92. The molecule has 20 heavy (non-hydrogen) atoms. The lowest BCUT2D eigenvalue weighted by Crippen LogP contribution is -2.42. The van der Waals surface area contributed by atoms with Gasteiger partial charge in [-0.2, -0.15) is 0 Å². The van der Waals surface area contributed by atoms with E-state index < -0.39 is 12.3 Å². The van der Waals surface area contributed by atoms with Gasteiger partial charge in [-0.15, -0.1) is 0 Å². The fraction of sp³-hybridized carbons (Fsp3) is 0.533. The van der Waals surface area contributed by atoms with Crippen LogP contribution in [0.5, 0.6) is 0 Å². The number of benzene rings is 1. The maximum atomic E-state index is 12.7. The van der Waals surface area contributed by atoms with Crippen LogP contribution in [-0.2, 0) is 4.79 Å². The van der Waals surface area contributed by atoms with Gasteiger partial charge in [0.1, 0.15) is 0 Å². The smallest absolute Gasteiger partial charge is 0.242 e. The lowest BCUT2D eigenvalue weighted by molar-refractivity contribution is -0.118. The van der Waals surface area contributed by atoms with E-state index in [2.05, 4.69) is 5.32 Å². The number of likely N-dealkylation sites (tertiary alicyclic amines) is 1. The third-order valence-corrected chi connectivity index (χ3v) is 3.68. The molecular formula is C15H20F2N2O. The minimum absolute atomic E-state index is 0.144. The van der Waals surface area contributed by atoms with Crippen LogP contribution in [0.1, 0.15) is 18.4 Å². The Morgan fingerprint density at radius 2 is 2.20 bits per heavy atom. The molecule has 1 aromatic carbocycles. The Morgan fingerprint density at radius 1 is 1.45 bits per heavy atom. The molecule has 1 aliphatic rings. The molecule has 1 saturated heterocycles. The number of hydrogen-bond donors (Lipinski definition) is 1. The van der Waals surface area contributed by atoms with Crippen LogP contribution in [0.3, 0.4) is 0 Å². The predicted molar refractivity (Wildman–Crippen MR) is 75.0 cm³/mol. The normalized spacial score (nSPS) is 20.1. The van der Waals surface area contributed by atoms with Crippen LogP contribution in [0, 0.1) is 12.8 Å². The number of halogens is 2. The minimum Gasteiger partial charge on any atom is -0.325 e. The Hall–Kier alpha value is -1.49. The molecule has 1 amide bonds. The molecule has 1 unspecified atom stereocenters. The molecule has 110 valence electrons. The van der Waals surface area contributed by atoms with Gasteiger partial charge in [-0.3, -0.25) is 9.69 Å². The first-order chi connectivity index (χ1) is 9.56. The second-order valence-electron chi connectivity index (χ2n) is 5.33. The highest BCUT2D eigenvalue weighted by atomic mass is 19.3. The summed E-state index contributed by atoms with van der Waals surface area (Å²) in [6.45, 7) is 3.12. The average Bonchev–Trinajstić information content (AvgIpc) is 2.41. The zero-order valence-corrected chi connectivity index (χ0v) is 11.6. The summed E-state index contributed by atoms with van der Waals surface area (Å²) in [6.07, 6.45) is -1.02. The van der Waals surface area contributed by atoms with Crippen LogP contribution >= 0.6 is 0 Å². The number of amides is 1. The monoisotopic (exact) mass is 282 g/mol. The van der Waals surface area contributed by atoms with Crippen LogP contribution in [0.15, 0.2) is 24.3 Å². The van der Waals surface area contributed by atoms with E-state index in [4.69, 9.17) is 0 Å². The van der Waals surface area contributed by atoms with Gasteiger partial charge in [0.2, 0.25) is 12.3 Å². The Morgan fingerprint density at radius 3 is 2.90 bits per heavy atom. The summed E-state index contributed by atoms with van der Waals surface area (Å²) >= 11 is 0. The molecule has 0 aromatic heterocycles. The van der Waals surface area contributed by atoms with E-state index in [9.17, 15) is 13.6 Å². The molecule has 0 saturated carbocycles. The predicted octanol–water partition coefficient (Wildman–Crippen LogP) is 2.91. The van der Waals surface area contributed by atoms with Crippen molar-refractivity contribution in [1.82, 2.24) is 4.90 Å². The highest BCUT2D eigenvalue weighted by Gasteiger charge is 2.27. The van der Waals surface area contributed by atoms with Crippen molar-refractivity contribution in [1.29, 1.82) is 0 Å². The molecule has 5 heteroatoms. The molecule has 0 bridgehead atoms. The van der Waals surface area contributed by atoms with Gasteiger partial charge in [0.15, 0.2) is 0 Å². The number of anilines is 1. The van der Waals surface area contributed by atoms with Gasteiger partial charge in [-0.1, -0.05) is 18.2 Å². The van der Waals surface area contributed by atoms with Crippen LogP contribution < -0.4 is 5.32 Å². The van der Waals surface area contributed by atoms with Crippen molar-refractivity contribution >= 4 is 11.6 Å². The third-order valence-electron chi connectivity index (χ3n) is 3.68. The lowest BCUT2D eigenvalue weighted by Gasteiger charge is -2.31. The fourth-order valence-electron chi connectivity index (χ4n) is 2.55. The van der Waals surface area contributed by atoms with Gasteiger partial charge in [-0.25, -0.2) is 8.78 Å². The zero-order chi connectivity index (χ0) is 14.5. The van der Waals surface area contributed by atoms with E-state index in [0.717, 1.165) is 17.7 Å². The van der Waals surface area contributed by atoms with Gasteiger partial charge < -0.3 is 5.32 Å². The number of rotatable bonds is 4. The first-order valence-corrected chi connectivity index (χ1v) is 6.92. The average molecular weight is 282 g/mol. The standard InChI is InChI=1S/C15H20F2N2O/c1-11-5-2-3-7-13(11)18-14(20)10-19-8-4-6-12(9-19)15(16)17/h2-3,5,7,12,15H,4,6,8-10H2,1H3,(H,18,20). The number of piperidine rings is 1. The van der Waals surface area contributed by atoms with Crippen LogP contribution in [0.25, 0.3) is 0 Å². The second kappa shape index (κ2) is 6.79. The minimum atomic E-state index is -2.29. The molecule has 1 aliphatic heterocycles. The fourth-order valence-corrected chi connectivity index (χ4v) is 2.55. The van der Waals surface area contributed by atoms with Gasteiger partial charge >= 0.3 is 0 Å². The van der Waals surface area contributed by atoms with Crippen molar-refractivity contribution in [3.05, 3.63) is 29.8 Å². The van der Waals surface area contributed by atoms with E-state index >= 15 is 0 Å². The summed E-state index contributed by atoms with van der Waals surface area (Å²) in [6, 6.07) is 7.52. The molecule has 0 spiro atoms. The van der Waals surface area contributed by atoms with Crippen molar-refractivity contribution in [2.75, 3.05) is 25.0 Å². The van der Waals surface area contributed by atoms with E-state index in [1.54, 1.807) is 0 Å². The second-order valence-corrected chi connectivity index (χ2v) is 5.33. The third kappa shape index (κ3) is 4.00. The molecule has 2 rings (SSSR count). The van der Waals surface area contributed by atoms with Crippen molar-refractivity contribution in [3.8, 4) is 0 Å². The molecule has 1 heterocycles. The Kier molecular flexibility index (Phi) is 5.06. The molecule has 1 N–H and O–H groups in total. The molecule has 0 aliphatic carbocycles. The highest BCUT2D eigenvalue weighted by molar-refractivity contribution is 5.92. The SMILES string of the molecule is Cc1ccccc1NC(=O)CN1CCCC(C(F)F)C1. The van der Waals surface area contributed by atoms with E-state index in [1.165, 1.54) is 0 Å². The van der Waals surface area contributed by atoms with E-state index in [-0.39, 0.29) is 12.5 Å². The highest BCUT2D eigenvalue weighted by Crippen LogP contribution is 2.22. The summed E-state index contributed by atoms with van der Waals surface area (Å²) < 4.78 is 25.4. The number of nitrogens with one attached hydrogen (secondary N) is 1. The van der Waals surface area contributed by atoms with Crippen molar-refractivity contribution in [2.24, 2.45) is 5.92 Å². The zero-order valence-electron chi connectivity index (χ0n) is 11.6. The molecular weight excluding hydrogens is 262 g/mol. The number of hydrogen-bond acceptors (Lipinski definition) is 2. The van der Waals surface area contributed by atoms with Crippen molar-refractivity contribution in [2.45, 2.75) is 26.2 Å². The maximum Gasteiger partial charge on any atom is 0.242 e. The van der Waals surface area contributed by atoms with Gasteiger partial charge in [-0.05, 0) is 37.9 Å². The van der Waals surface area contributed by atoms with Gasteiger partial charge in [0, 0.05) is 18.2 Å². The largest absolute Gasteiger partial charge is 0.325 e. The molecule has 1 fully saturated rings. The Labute approximate surface area is 118 Å². The summed E-state index contributed by atoms with van der Waals surface area (Å²) in [5, 5.41) is 2.83. The van der Waals surface area contributed by atoms with Gasteiger partial charge in [0.25, 0.3) is 0 Å². The van der Waals surface area contributed by atoms with Crippen molar-refractivity contribution < 1.29 is 13.6 Å². The van der Waals surface area contributed by atoms with Crippen LogP contribution in [0.4, 0.5) is 14.5 Å². The topological polar surface area (TPSA) is 32.3 Å². The summed E-state index contributed by atoms with van der Waals surface area (Å²) in [7, 11) is 0. The summed E-state index contributed by atoms with van der Waals surface area (Å²) in [5.74, 6) is -0.746.